The summed E-state index contributed by atoms with van der Waals surface area (Å²) in [6, 6.07) is 16.7. The smallest absolute Gasteiger partial charge is 0.224 e. The van der Waals surface area contributed by atoms with Gasteiger partial charge in [0.15, 0.2) is 0 Å². The number of nitrogens with one attached hydrogen (secondary N) is 1. The molecule has 1 amide bonds. The molecule has 1 fully saturated rings. The highest BCUT2D eigenvalue weighted by molar-refractivity contribution is 6.30. The zero-order valence-electron chi connectivity index (χ0n) is 17.2. The van der Waals surface area contributed by atoms with Gasteiger partial charge in [-0.2, -0.15) is 0 Å². The van der Waals surface area contributed by atoms with Gasteiger partial charge in [-0.3, -0.25) is 9.69 Å². The predicted molar refractivity (Wildman–Crippen MR) is 119 cm³/mol. The summed E-state index contributed by atoms with van der Waals surface area (Å²) in [4.78, 5) is 17.5. The van der Waals surface area contributed by atoms with Crippen molar-refractivity contribution in [1.29, 1.82) is 0 Å². The molecular weight excluding hydrogens is 382 g/mol. The quantitative estimate of drug-likeness (QED) is 0.802. The molecule has 0 bridgehead atoms. The van der Waals surface area contributed by atoms with Gasteiger partial charge in [-0.25, -0.2) is 0 Å². The molecule has 0 aromatic heterocycles. The Bertz CT molecular complexity index is 843. The Balaban J connectivity index is 1.51. The zero-order chi connectivity index (χ0) is 20.3. The summed E-state index contributed by atoms with van der Waals surface area (Å²) in [5, 5.41) is 4.61. The van der Waals surface area contributed by atoms with Crippen LogP contribution in [0.5, 0.6) is 0 Å². The molecule has 2 heterocycles. The van der Waals surface area contributed by atoms with E-state index < -0.39 is 0 Å². The van der Waals surface area contributed by atoms with E-state index in [0.717, 1.165) is 57.0 Å². The van der Waals surface area contributed by atoms with Crippen molar-refractivity contribution in [2.24, 2.45) is 0 Å². The van der Waals surface area contributed by atoms with Crippen LogP contribution in [0.4, 0.5) is 5.69 Å². The molecule has 2 aromatic rings. The summed E-state index contributed by atoms with van der Waals surface area (Å²) < 4.78 is 0. The standard InChI is InChI=1S/C24H30ClN3O/c1-2-28-14-11-20-5-3-4-6-22(20)26-24(17-23(28)29)12-15-27(16-13-24)18-19-7-9-21(25)10-8-19/h3-10,26H,2,11-18H2,1H3. The van der Waals surface area contributed by atoms with E-state index >= 15 is 0 Å². The van der Waals surface area contributed by atoms with Crippen molar-refractivity contribution in [3.05, 3.63) is 64.7 Å². The van der Waals surface area contributed by atoms with Gasteiger partial charge in [0.25, 0.3) is 0 Å². The van der Waals surface area contributed by atoms with Crippen LogP contribution < -0.4 is 5.32 Å². The number of fused-ring (bicyclic) bond motifs is 1. The maximum absolute atomic E-state index is 13.0. The molecule has 0 saturated carbocycles. The fraction of sp³-hybridized carbons (Fsp3) is 0.458. The van der Waals surface area contributed by atoms with E-state index in [1.807, 2.05) is 17.0 Å². The second-order valence-corrected chi connectivity index (χ2v) is 8.80. The van der Waals surface area contributed by atoms with E-state index in [4.69, 9.17) is 11.6 Å². The number of hydrogen-bond donors (Lipinski definition) is 1. The average Bonchev–Trinajstić information content (AvgIpc) is 2.78. The fourth-order valence-electron chi connectivity index (χ4n) is 4.59. The van der Waals surface area contributed by atoms with Gasteiger partial charge in [0, 0.05) is 55.4 Å². The normalized spacial score (nSPS) is 19.8. The Morgan fingerprint density at radius 3 is 2.48 bits per heavy atom. The number of piperidine rings is 1. The highest BCUT2D eigenvalue weighted by Gasteiger charge is 2.38. The van der Waals surface area contributed by atoms with Crippen molar-refractivity contribution in [3.63, 3.8) is 0 Å². The lowest BCUT2D eigenvalue weighted by Crippen LogP contribution is -2.51. The number of rotatable bonds is 3. The number of benzene rings is 2. The molecule has 154 valence electrons. The maximum atomic E-state index is 13.0. The molecule has 0 radical (unpaired) electrons. The number of carbonyl (C=O) groups excluding carboxylic acids is 1. The Hall–Kier alpha value is -2.04. The number of hydrogen-bond acceptors (Lipinski definition) is 3. The summed E-state index contributed by atoms with van der Waals surface area (Å²) >= 11 is 6.01. The lowest BCUT2D eigenvalue weighted by molar-refractivity contribution is -0.132. The summed E-state index contributed by atoms with van der Waals surface area (Å²) in [6.07, 6.45) is 3.42. The molecule has 0 atom stereocenters. The Labute approximate surface area is 178 Å². The van der Waals surface area contributed by atoms with Crippen LogP contribution in [0.3, 0.4) is 0 Å². The molecule has 1 N–H and O–H groups in total. The molecule has 1 spiro atoms. The Kier molecular flexibility index (Phi) is 6.12. The second-order valence-electron chi connectivity index (χ2n) is 8.37. The number of likely N-dealkylation sites (tertiary alicyclic amines) is 1. The topological polar surface area (TPSA) is 35.6 Å². The first-order chi connectivity index (χ1) is 14.1. The van der Waals surface area contributed by atoms with Gasteiger partial charge in [-0.1, -0.05) is 41.9 Å². The minimum absolute atomic E-state index is 0.165. The molecule has 0 aliphatic carbocycles. The van der Waals surface area contributed by atoms with Gasteiger partial charge in [0.05, 0.1) is 0 Å². The van der Waals surface area contributed by atoms with Crippen molar-refractivity contribution in [2.45, 2.75) is 44.7 Å². The van der Waals surface area contributed by atoms with Crippen molar-refractivity contribution >= 4 is 23.2 Å². The molecule has 2 aliphatic heterocycles. The van der Waals surface area contributed by atoms with Crippen LogP contribution in [0.25, 0.3) is 0 Å². The molecular formula is C24H30ClN3O. The van der Waals surface area contributed by atoms with Gasteiger partial charge >= 0.3 is 0 Å². The van der Waals surface area contributed by atoms with E-state index in [9.17, 15) is 4.79 Å². The first-order valence-corrected chi connectivity index (χ1v) is 11.1. The third-order valence-electron chi connectivity index (χ3n) is 6.42. The maximum Gasteiger partial charge on any atom is 0.224 e. The first-order valence-electron chi connectivity index (χ1n) is 10.7. The Morgan fingerprint density at radius 1 is 1.03 bits per heavy atom. The van der Waals surface area contributed by atoms with Crippen LogP contribution in [-0.4, -0.2) is 47.4 Å². The van der Waals surface area contributed by atoms with E-state index in [2.05, 4.69) is 53.5 Å². The van der Waals surface area contributed by atoms with Gasteiger partial charge in [0.2, 0.25) is 5.91 Å². The van der Waals surface area contributed by atoms with Crippen molar-refractivity contribution in [2.75, 3.05) is 31.5 Å². The summed E-state index contributed by atoms with van der Waals surface area (Å²) in [5.41, 5.74) is 3.63. The highest BCUT2D eigenvalue weighted by atomic mass is 35.5. The number of likely N-dealkylation sites (N-methyl/N-ethyl adjacent to an activating group) is 1. The summed E-state index contributed by atoms with van der Waals surface area (Å²) in [7, 11) is 0. The van der Waals surface area contributed by atoms with E-state index in [-0.39, 0.29) is 11.4 Å². The Morgan fingerprint density at radius 2 is 1.76 bits per heavy atom. The number of para-hydroxylation sites is 1. The summed E-state index contributed by atoms with van der Waals surface area (Å²) in [5.74, 6) is 0.277. The summed E-state index contributed by atoms with van der Waals surface area (Å²) in [6.45, 7) is 6.55. The number of amides is 1. The minimum Gasteiger partial charge on any atom is -0.379 e. The first kappa shape index (κ1) is 20.2. The van der Waals surface area contributed by atoms with E-state index in [1.165, 1.54) is 16.8 Å². The molecule has 1 saturated heterocycles. The van der Waals surface area contributed by atoms with Crippen molar-refractivity contribution < 1.29 is 4.79 Å². The predicted octanol–water partition coefficient (Wildman–Crippen LogP) is 4.58. The van der Waals surface area contributed by atoms with Crippen molar-refractivity contribution in [1.82, 2.24) is 9.80 Å². The molecule has 4 nitrogen and oxygen atoms in total. The van der Waals surface area contributed by atoms with Crippen LogP contribution >= 0.6 is 11.6 Å². The monoisotopic (exact) mass is 411 g/mol. The third kappa shape index (κ3) is 4.76. The third-order valence-corrected chi connectivity index (χ3v) is 6.68. The average molecular weight is 412 g/mol. The van der Waals surface area contributed by atoms with Crippen LogP contribution in [0, 0.1) is 0 Å². The molecule has 2 aliphatic rings. The van der Waals surface area contributed by atoms with Crippen LogP contribution in [0.15, 0.2) is 48.5 Å². The number of nitrogens with zero attached hydrogens (tertiary/aromatic N) is 2. The van der Waals surface area contributed by atoms with Crippen LogP contribution in [-0.2, 0) is 17.8 Å². The molecule has 2 aromatic carbocycles. The number of carbonyl (C=O) groups is 1. The van der Waals surface area contributed by atoms with Crippen LogP contribution in [0.1, 0.15) is 37.3 Å². The number of halogens is 1. The van der Waals surface area contributed by atoms with Crippen molar-refractivity contribution in [3.8, 4) is 0 Å². The van der Waals surface area contributed by atoms with Gasteiger partial charge in [-0.05, 0) is 55.5 Å². The zero-order valence-corrected chi connectivity index (χ0v) is 17.9. The minimum atomic E-state index is -0.165. The van der Waals surface area contributed by atoms with Gasteiger partial charge < -0.3 is 10.2 Å². The second kappa shape index (κ2) is 8.76. The lowest BCUT2D eigenvalue weighted by Gasteiger charge is -2.43. The molecule has 4 rings (SSSR count). The highest BCUT2D eigenvalue weighted by Crippen LogP contribution is 2.34. The molecule has 29 heavy (non-hydrogen) atoms. The number of anilines is 1. The largest absolute Gasteiger partial charge is 0.379 e. The lowest BCUT2D eigenvalue weighted by atomic mass is 9.83. The van der Waals surface area contributed by atoms with Gasteiger partial charge in [-0.15, -0.1) is 0 Å². The SMILES string of the molecule is CCN1CCc2ccccc2NC2(CCN(Cc3ccc(Cl)cc3)CC2)CC1=O. The molecule has 0 unspecified atom stereocenters. The fourth-order valence-corrected chi connectivity index (χ4v) is 4.72. The molecule has 5 heteroatoms. The van der Waals surface area contributed by atoms with Gasteiger partial charge in [0.1, 0.15) is 0 Å². The van der Waals surface area contributed by atoms with Crippen LogP contribution in [0.2, 0.25) is 5.02 Å². The van der Waals surface area contributed by atoms with E-state index in [0.29, 0.717) is 6.42 Å². The van der Waals surface area contributed by atoms with E-state index in [1.54, 1.807) is 0 Å².